The minimum absolute atomic E-state index is 0.0276. The number of nitrogen functional groups attached to an aromatic ring is 1. The maximum absolute atomic E-state index is 12.4. The summed E-state index contributed by atoms with van der Waals surface area (Å²) in [5, 5.41) is 0. The summed E-state index contributed by atoms with van der Waals surface area (Å²) < 4.78 is 33.1. The third kappa shape index (κ3) is 3.31. The maximum Gasteiger partial charge on any atom is 0.241 e. The highest BCUT2D eigenvalue weighted by atomic mass is 32.2. The first-order valence-corrected chi connectivity index (χ1v) is 8.37. The topological polar surface area (TPSA) is 81.4 Å². The molecule has 0 bridgehead atoms. The number of benzene rings is 1. The Morgan fingerprint density at radius 3 is 2.75 bits per heavy atom. The van der Waals surface area contributed by atoms with E-state index in [1.807, 2.05) is 0 Å². The zero-order valence-corrected chi connectivity index (χ0v) is 12.8. The standard InChI is InChI=1S/C14H22N2O3S/c1-10-6-7-13(15)11(2)14(10)20(17,18)16-9-12-5-3-4-8-19-12/h6-7,12,16H,3-5,8-9,15H2,1-2H3. The summed E-state index contributed by atoms with van der Waals surface area (Å²) in [6.45, 7) is 4.53. The molecule has 112 valence electrons. The summed E-state index contributed by atoms with van der Waals surface area (Å²) in [4.78, 5) is 0.285. The number of aryl methyl sites for hydroxylation is 1. The summed E-state index contributed by atoms with van der Waals surface area (Å²) in [6, 6.07) is 3.46. The van der Waals surface area contributed by atoms with Crippen LogP contribution >= 0.6 is 0 Å². The molecule has 1 aromatic rings. The van der Waals surface area contributed by atoms with E-state index in [0.717, 1.165) is 19.3 Å². The van der Waals surface area contributed by atoms with Crippen LogP contribution in [0.2, 0.25) is 0 Å². The number of nitrogens with one attached hydrogen (secondary N) is 1. The largest absolute Gasteiger partial charge is 0.398 e. The van der Waals surface area contributed by atoms with Crippen molar-refractivity contribution in [1.82, 2.24) is 4.72 Å². The van der Waals surface area contributed by atoms with E-state index >= 15 is 0 Å². The molecule has 1 heterocycles. The van der Waals surface area contributed by atoms with Gasteiger partial charge in [0.15, 0.2) is 0 Å². The molecule has 6 heteroatoms. The number of ether oxygens (including phenoxy) is 1. The predicted molar refractivity (Wildman–Crippen MR) is 79.1 cm³/mol. The molecule has 0 saturated carbocycles. The van der Waals surface area contributed by atoms with E-state index < -0.39 is 10.0 Å². The molecule has 1 atom stereocenters. The van der Waals surface area contributed by atoms with E-state index in [0.29, 0.717) is 30.0 Å². The Balaban J connectivity index is 2.16. The van der Waals surface area contributed by atoms with Crippen LogP contribution in [0.5, 0.6) is 0 Å². The van der Waals surface area contributed by atoms with Crippen LogP contribution in [0.15, 0.2) is 17.0 Å². The number of sulfonamides is 1. The summed E-state index contributed by atoms with van der Waals surface area (Å²) >= 11 is 0. The van der Waals surface area contributed by atoms with Crippen molar-refractivity contribution >= 4 is 15.7 Å². The molecule has 0 radical (unpaired) electrons. The lowest BCUT2D eigenvalue weighted by Crippen LogP contribution is -2.36. The number of hydrogen-bond acceptors (Lipinski definition) is 4. The van der Waals surface area contributed by atoms with Crippen molar-refractivity contribution in [3.05, 3.63) is 23.3 Å². The normalized spacial score (nSPS) is 20.0. The minimum Gasteiger partial charge on any atom is -0.398 e. The molecule has 0 aliphatic carbocycles. The Kier molecular flexibility index (Phi) is 4.67. The fraction of sp³-hybridized carbons (Fsp3) is 0.571. The molecule has 1 saturated heterocycles. The van der Waals surface area contributed by atoms with Crippen molar-refractivity contribution in [2.45, 2.75) is 44.1 Å². The van der Waals surface area contributed by atoms with Gasteiger partial charge in [-0.25, -0.2) is 13.1 Å². The van der Waals surface area contributed by atoms with E-state index in [9.17, 15) is 8.42 Å². The minimum atomic E-state index is -3.55. The van der Waals surface area contributed by atoms with Crippen molar-refractivity contribution in [2.75, 3.05) is 18.9 Å². The molecule has 1 fully saturated rings. The summed E-state index contributed by atoms with van der Waals surface area (Å²) in [5.41, 5.74) is 7.60. The Hall–Kier alpha value is -1.11. The van der Waals surface area contributed by atoms with Gasteiger partial charge in [0, 0.05) is 18.8 Å². The van der Waals surface area contributed by atoms with Crippen LogP contribution in [-0.4, -0.2) is 27.7 Å². The smallest absolute Gasteiger partial charge is 0.241 e. The van der Waals surface area contributed by atoms with Gasteiger partial charge in [-0.1, -0.05) is 6.07 Å². The van der Waals surface area contributed by atoms with Gasteiger partial charge in [0.25, 0.3) is 0 Å². The lowest BCUT2D eigenvalue weighted by molar-refractivity contribution is 0.0200. The van der Waals surface area contributed by atoms with Gasteiger partial charge in [-0.05, 0) is 50.3 Å². The second kappa shape index (κ2) is 6.11. The second-order valence-electron chi connectivity index (χ2n) is 5.27. The van der Waals surface area contributed by atoms with Crippen LogP contribution in [0.3, 0.4) is 0 Å². The lowest BCUT2D eigenvalue weighted by atomic mass is 10.1. The number of hydrogen-bond donors (Lipinski definition) is 2. The third-order valence-corrected chi connectivity index (χ3v) is 5.40. The zero-order valence-electron chi connectivity index (χ0n) is 12.0. The van der Waals surface area contributed by atoms with E-state index in [2.05, 4.69) is 4.72 Å². The van der Waals surface area contributed by atoms with Crippen LogP contribution < -0.4 is 10.5 Å². The van der Waals surface area contributed by atoms with Crippen LogP contribution in [0.1, 0.15) is 30.4 Å². The third-order valence-electron chi connectivity index (χ3n) is 3.69. The lowest BCUT2D eigenvalue weighted by Gasteiger charge is -2.23. The van der Waals surface area contributed by atoms with E-state index in [4.69, 9.17) is 10.5 Å². The van der Waals surface area contributed by atoms with Gasteiger partial charge in [0.1, 0.15) is 0 Å². The van der Waals surface area contributed by atoms with Gasteiger partial charge >= 0.3 is 0 Å². The fourth-order valence-electron chi connectivity index (χ4n) is 2.50. The molecule has 1 unspecified atom stereocenters. The van der Waals surface area contributed by atoms with Gasteiger partial charge in [-0.15, -0.1) is 0 Å². The van der Waals surface area contributed by atoms with Crippen LogP contribution in [0.25, 0.3) is 0 Å². The summed E-state index contributed by atoms with van der Waals surface area (Å²) in [7, 11) is -3.55. The van der Waals surface area contributed by atoms with Gasteiger partial charge < -0.3 is 10.5 Å². The molecular formula is C14H22N2O3S. The van der Waals surface area contributed by atoms with E-state index in [1.165, 1.54) is 0 Å². The first-order chi connectivity index (χ1) is 9.42. The second-order valence-corrected chi connectivity index (χ2v) is 6.97. The van der Waals surface area contributed by atoms with E-state index in [-0.39, 0.29) is 11.0 Å². The highest BCUT2D eigenvalue weighted by Crippen LogP contribution is 2.24. The van der Waals surface area contributed by atoms with Gasteiger partial charge in [-0.2, -0.15) is 0 Å². The maximum atomic E-state index is 12.4. The molecule has 0 amide bonds. The van der Waals surface area contributed by atoms with Gasteiger partial charge in [-0.3, -0.25) is 0 Å². The molecule has 20 heavy (non-hydrogen) atoms. The Bertz CT molecular complexity index is 578. The Morgan fingerprint density at radius 2 is 2.10 bits per heavy atom. The highest BCUT2D eigenvalue weighted by molar-refractivity contribution is 7.89. The van der Waals surface area contributed by atoms with Crippen molar-refractivity contribution in [3.63, 3.8) is 0 Å². The van der Waals surface area contributed by atoms with Gasteiger partial charge in [0.2, 0.25) is 10.0 Å². The Morgan fingerprint density at radius 1 is 1.35 bits per heavy atom. The average molecular weight is 298 g/mol. The average Bonchev–Trinajstić information content (AvgIpc) is 2.42. The molecule has 3 N–H and O–H groups in total. The van der Waals surface area contributed by atoms with Crippen LogP contribution in [0, 0.1) is 13.8 Å². The molecule has 5 nitrogen and oxygen atoms in total. The predicted octanol–water partition coefficient (Wildman–Crippen LogP) is 1.73. The van der Waals surface area contributed by atoms with Crippen molar-refractivity contribution < 1.29 is 13.2 Å². The van der Waals surface area contributed by atoms with Crippen LogP contribution in [-0.2, 0) is 14.8 Å². The molecule has 1 aromatic carbocycles. The van der Waals surface area contributed by atoms with Crippen molar-refractivity contribution in [2.24, 2.45) is 0 Å². The highest BCUT2D eigenvalue weighted by Gasteiger charge is 2.23. The number of rotatable bonds is 4. The monoisotopic (exact) mass is 298 g/mol. The molecule has 2 rings (SSSR count). The first-order valence-electron chi connectivity index (χ1n) is 6.89. The molecular weight excluding hydrogens is 276 g/mol. The first kappa shape index (κ1) is 15.3. The molecule has 1 aliphatic rings. The van der Waals surface area contributed by atoms with Gasteiger partial charge in [0.05, 0.1) is 11.0 Å². The Labute approximate surface area is 120 Å². The van der Waals surface area contributed by atoms with Crippen molar-refractivity contribution in [3.8, 4) is 0 Å². The summed E-state index contributed by atoms with van der Waals surface area (Å²) in [5.74, 6) is 0. The van der Waals surface area contributed by atoms with Crippen LogP contribution in [0.4, 0.5) is 5.69 Å². The zero-order chi connectivity index (χ0) is 14.8. The SMILES string of the molecule is Cc1ccc(N)c(C)c1S(=O)(=O)NCC1CCCCO1. The molecule has 0 spiro atoms. The van der Waals surface area contributed by atoms with E-state index in [1.54, 1.807) is 26.0 Å². The van der Waals surface area contributed by atoms with Crippen molar-refractivity contribution in [1.29, 1.82) is 0 Å². The summed E-state index contributed by atoms with van der Waals surface area (Å²) in [6.07, 6.45) is 3.01. The molecule has 1 aliphatic heterocycles. The fourth-order valence-corrected chi connectivity index (χ4v) is 4.06. The molecule has 0 aromatic heterocycles. The quantitative estimate of drug-likeness (QED) is 0.830. The number of nitrogens with two attached hydrogens (primary N) is 1. The number of anilines is 1.